The SMILES string of the molecule is CC(CN1CCOCC1)Nc1nccn(C2CC2)c1=O. The number of morpholine rings is 1. The first-order valence-electron chi connectivity index (χ1n) is 7.38. The molecule has 0 radical (unpaired) electrons. The molecule has 1 saturated carbocycles. The van der Waals surface area contributed by atoms with Gasteiger partial charge < -0.3 is 14.6 Å². The lowest BCUT2D eigenvalue weighted by atomic mass is 10.3. The van der Waals surface area contributed by atoms with Crippen molar-refractivity contribution >= 4 is 5.82 Å². The third-order valence-electron chi connectivity index (χ3n) is 3.83. The number of hydrogen-bond donors (Lipinski definition) is 1. The van der Waals surface area contributed by atoms with E-state index in [1.165, 1.54) is 0 Å². The largest absolute Gasteiger partial charge is 0.379 e. The number of ether oxygens (including phenoxy) is 1. The van der Waals surface area contributed by atoms with Gasteiger partial charge in [-0.05, 0) is 19.8 Å². The highest BCUT2D eigenvalue weighted by Crippen LogP contribution is 2.33. The van der Waals surface area contributed by atoms with E-state index in [9.17, 15) is 4.79 Å². The Morgan fingerprint density at radius 3 is 2.90 bits per heavy atom. The average molecular weight is 278 g/mol. The van der Waals surface area contributed by atoms with Crippen molar-refractivity contribution in [1.82, 2.24) is 14.5 Å². The third-order valence-corrected chi connectivity index (χ3v) is 3.83. The molecule has 3 rings (SSSR count). The number of rotatable bonds is 5. The number of anilines is 1. The molecule has 0 amide bonds. The molecule has 6 nitrogen and oxygen atoms in total. The second-order valence-corrected chi connectivity index (χ2v) is 5.68. The minimum atomic E-state index is 0.00354. The molecular formula is C14H22N4O2. The Bertz CT molecular complexity index is 506. The van der Waals surface area contributed by atoms with Crippen molar-refractivity contribution in [2.75, 3.05) is 38.2 Å². The Hall–Kier alpha value is -1.40. The van der Waals surface area contributed by atoms with E-state index >= 15 is 0 Å². The van der Waals surface area contributed by atoms with Crippen molar-refractivity contribution in [2.24, 2.45) is 0 Å². The highest BCUT2D eigenvalue weighted by Gasteiger charge is 2.25. The van der Waals surface area contributed by atoms with Gasteiger partial charge in [-0.3, -0.25) is 9.69 Å². The molecule has 1 aromatic heterocycles. The van der Waals surface area contributed by atoms with Gasteiger partial charge in [-0.1, -0.05) is 0 Å². The Kier molecular flexibility index (Phi) is 4.03. The first-order valence-corrected chi connectivity index (χ1v) is 7.38. The van der Waals surface area contributed by atoms with E-state index in [1.807, 2.05) is 0 Å². The van der Waals surface area contributed by atoms with E-state index in [4.69, 9.17) is 4.74 Å². The molecule has 1 N–H and O–H groups in total. The number of aromatic nitrogens is 2. The summed E-state index contributed by atoms with van der Waals surface area (Å²) in [5.74, 6) is 0.472. The Labute approximate surface area is 118 Å². The van der Waals surface area contributed by atoms with Crippen LogP contribution in [-0.4, -0.2) is 53.3 Å². The molecule has 1 aliphatic carbocycles. The van der Waals surface area contributed by atoms with Crippen molar-refractivity contribution in [3.63, 3.8) is 0 Å². The zero-order valence-electron chi connectivity index (χ0n) is 11.9. The van der Waals surface area contributed by atoms with Crippen LogP contribution in [0, 0.1) is 0 Å². The van der Waals surface area contributed by atoms with E-state index in [2.05, 4.69) is 22.1 Å². The normalized spacial score (nSPS) is 21.6. The van der Waals surface area contributed by atoms with Crippen molar-refractivity contribution in [2.45, 2.75) is 31.8 Å². The van der Waals surface area contributed by atoms with Crippen LogP contribution in [0.4, 0.5) is 5.82 Å². The van der Waals surface area contributed by atoms with Crippen molar-refractivity contribution in [1.29, 1.82) is 0 Å². The summed E-state index contributed by atoms with van der Waals surface area (Å²) in [7, 11) is 0. The zero-order valence-corrected chi connectivity index (χ0v) is 11.9. The van der Waals surface area contributed by atoms with E-state index in [-0.39, 0.29) is 11.6 Å². The zero-order chi connectivity index (χ0) is 13.9. The van der Waals surface area contributed by atoms with Gasteiger partial charge in [0.1, 0.15) is 0 Å². The maximum Gasteiger partial charge on any atom is 0.293 e. The summed E-state index contributed by atoms with van der Waals surface area (Å²) in [5.41, 5.74) is 0.00354. The van der Waals surface area contributed by atoms with Gasteiger partial charge in [0.25, 0.3) is 5.56 Å². The predicted octanol–water partition coefficient (Wildman–Crippen LogP) is 0.711. The molecule has 2 fully saturated rings. The van der Waals surface area contributed by atoms with Gasteiger partial charge in [0.05, 0.1) is 13.2 Å². The predicted molar refractivity (Wildman–Crippen MR) is 77.1 cm³/mol. The molecule has 0 bridgehead atoms. The van der Waals surface area contributed by atoms with Crippen LogP contribution in [0.25, 0.3) is 0 Å². The van der Waals surface area contributed by atoms with Gasteiger partial charge in [-0.25, -0.2) is 4.98 Å². The van der Waals surface area contributed by atoms with Crippen LogP contribution < -0.4 is 10.9 Å². The van der Waals surface area contributed by atoms with Gasteiger partial charge >= 0.3 is 0 Å². The average Bonchev–Trinajstić information content (AvgIpc) is 3.27. The van der Waals surface area contributed by atoms with Crippen LogP contribution in [-0.2, 0) is 4.74 Å². The molecule has 1 aromatic rings. The molecule has 1 unspecified atom stereocenters. The molecule has 0 spiro atoms. The standard InChI is InChI=1S/C14H22N4O2/c1-11(10-17-6-8-20-9-7-17)16-13-14(19)18(5-4-15-13)12-2-3-12/h4-5,11-12H,2-3,6-10H2,1H3,(H,15,16). The molecule has 0 aromatic carbocycles. The fourth-order valence-electron chi connectivity index (χ4n) is 2.61. The van der Waals surface area contributed by atoms with Crippen LogP contribution in [0.5, 0.6) is 0 Å². The summed E-state index contributed by atoms with van der Waals surface area (Å²) in [6, 6.07) is 0.587. The van der Waals surface area contributed by atoms with E-state index in [0.717, 1.165) is 45.7 Å². The van der Waals surface area contributed by atoms with Crippen LogP contribution in [0.2, 0.25) is 0 Å². The van der Waals surface area contributed by atoms with E-state index in [0.29, 0.717) is 11.9 Å². The lowest BCUT2D eigenvalue weighted by molar-refractivity contribution is 0.0368. The Balaban J connectivity index is 1.61. The number of nitrogens with one attached hydrogen (secondary N) is 1. The molecule has 20 heavy (non-hydrogen) atoms. The summed E-state index contributed by atoms with van der Waals surface area (Å²) < 4.78 is 7.14. The van der Waals surface area contributed by atoms with Gasteiger partial charge in [0, 0.05) is 44.1 Å². The quantitative estimate of drug-likeness (QED) is 0.859. The van der Waals surface area contributed by atoms with Crippen LogP contribution in [0.3, 0.4) is 0 Å². The summed E-state index contributed by atoms with van der Waals surface area (Å²) >= 11 is 0. The van der Waals surface area contributed by atoms with Gasteiger partial charge in [0.15, 0.2) is 5.82 Å². The van der Waals surface area contributed by atoms with Gasteiger partial charge in [-0.15, -0.1) is 0 Å². The highest BCUT2D eigenvalue weighted by molar-refractivity contribution is 5.32. The summed E-state index contributed by atoms with van der Waals surface area (Å²) in [5, 5.41) is 3.25. The summed E-state index contributed by atoms with van der Waals surface area (Å²) in [6.45, 7) is 6.50. The second-order valence-electron chi connectivity index (χ2n) is 5.68. The van der Waals surface area contributed by atoms with Crippen LogP contribution in [0.15, 0.2) is 17.2 Å². The van der Waals surface area contributed by atoms with E-state index < -0.39 is 0 Å². The maximum absolute atomic E-state index is 12.3. The Morgan fingerprint density at radius 1 is 1.45 bits per heavy atom. The first kappa shape index (κ1) is 13.6. The number of nitrogens with zero attached hydrogens (tertiary/aromatic N) is 3. The number of hydrogen-bond acceptors (Lipinski definition) is 5. The summed E-state index contributed by atoms with van der Waals surface area (Å²) in [4.78, 5) is 18.8. The highest BCUT2D eigenvalue weighted by atomic mass is 16.5. The van der Waals surface area contributed by atoms with Crippen LogP contribution in [0.1, 0.15) is 25.8 Å². The molecule has 110 valence electrons. The lowest BCUT2D eigenvalue weighted by Crippen LogP contribution is -2.43. The third kappa shape index (κ3) is 3.19. The maximum atomic E-state index is 12.3. The fraction of sp³-hybridized carbons (Fsp3) is 0.714. The van der Waals surface area contributed by atoms with Crippen molar-refractivity contribution in [3.8, 4) is 0 Å². The van der Waals surface area contributed by atoms with Crippen molar-refractivity contribution in [3.05, 3.63) is 22.7 Å². The monoisotopic (exact) mass is 278 g/mol. The molecule has 1 saturated heterocycles. The molecule has 1 aliphatic heterocycles. The van der Waals surface area contributed by atoms with Crippen molar-refractivity contribution < 1.29 is 4.74 Å². The lowest BCUT2D eigenvalue weighted by Gasteiger charge is -2.29. The molecule has 1 atom stereocenters. The molecule has 6 heteroatoms. The van der Waals surface area contributed by atoms with Gasteiger partial charge in [0.2, 0.25) is 0 Å². The Morgan fingerprint density at radius 2 is 2.20 bits per heavy atom. The molecule has 2 aliphatic rings. The minimum Gasteiger partial charge on any atom is -0.379 e. The molecular weight excluding hydrogens is 256 g/mol. The minimum absolute atomic E-state index is 0.00354. The summed E-state index contributed by atoms with van der Waals surface area (Å²) in [6.07, 6.45) is 5.71. The van der Waals surface area contributed by atoms with Crippen LogP contribution >= 0.6 is 0 Å². The smallest absolute Gasteiger partial charge is 0.293 e. The first-order chi connectivity index (χ1) is 9.74. The van der Waals surface area contributed by atoms with E-state index in [1.54, 1.807) is 17.0 Å². The fourth-order valence-corrected chi connectivity index (χ4v) is 2.61. The molecule has 2 heterocycles. The second kappa shape index (κ2) is 5.93. The topological polar surface area (TPSA) is 59.4 Å². The van der Waals surface area contributed by atoms with Gasteiger partial charge in [-0.2, -0.15) is 0 Å².